The van der Waals surface area contributed by atoms with Gasteiger partial charge in [0.2, 0.25) is 0 Å². The summed E-state index contributed by atoms with van der Waals surface area (Å²) >= 11 is 0. The highest BCUT2D eigenvalue weighted by Gasteiger charge is 2.33. The zero-order valence-electron chi connectivity index (χ0n) is 10.5. The van der Waals surface area contributed by atoms with E-state index < -0.39 is 11.9 Å². The zero-order valence-corrected chi connectivity index (χ0v) is 10.5. The number of rotatable bonds is 4. The number of halogens is 3. The van der Waals surface area contributed by atoms with Crippen molar-refractivity contribution in [3.8, 4) is 5.75 Å². The molecule has 0 aliphatic rings. The van der Waals surface area contributed by atoms with E-state index in [0.717, 1.165) is 16.9 Å². The van der Waals surface area contributed by atoms with Crippen molar-refractivity contribution in [3.63, 3.8) is 0 Å². The number of carbonyl (C=O) groups excluding carboxylic acids is 1. The first-order valence-electron chi connectivity index (χ1n) is 5.68. The number of carbonyl (C=O) groups is 1. The minimum absolute atomic E-state index is 0.248. The summed E-state index contributed by atoms with van der Waals surface area (Å²) in [4.78, 5) is 11.9. The maximum Gasteiger partial charge on any atom is 0.435 e. The van der Waals surface area contributed by atoms with Gasteiger partial charge in [0, 0.05) is 11.8 Å². The van der Waals surface area contributed by atoms with Crippen LogP contribution >= 0.6 is 0 Å². The summed E-state index contributed by atoms with van der Waals surface area (Å²) in [5.74, 6) is 0.268. The molecule has 2 aromatic rings. The Morgan fingerprint density at radius 2 is 1.90 bits per heavy atom. The van der Waals surface area contributed by atoms with E-state index in [1.54, 1.807) is 24.3 Å². The fraction of sp³-hybridized carbons (Fsp3) is 0.231. The Morgan fingerprint density at radius 1 is 1.25 bits per heavy atom. The van der Waals surface area contributed by atoms with Crippen molar-refractivity contribution in [2.75, 3.05) is 7.11 Å². The van der Waals surface area contributed by atoms with Crippen molar-refractivity contribution in [2.24, 2.45) is 0 Å². The lowest BCUT2D eigenvalue weighted by Crippen LogP contribution is -2.13. The van der Waals surface area contributed by atoms with E-state index >= 15 is 0 Å². The fourth-order valence-electron chi connectivity index (χ4n) is 1.62. The first kappa shape index (κ1) is 14.1. The van der Waals surface area contributed by atoms with Crippen LogP contribution in [0.2, 0.25) is 0 Å². The molecular weight excluding hydrogens is 273 g/mol. The Bertz CT molecular complexity index is 603. The van der Waals surface area contributed by atoms with Crippen LogP contribution < -0.4 is 4.74 Å². The molecule has 0 spiro atoms. The van der Waals surface area contributed by atoms with Crippen molar-refractivity contribution in [1.82, 2.24) is 9.78 Å². The lowest BCUT2D eigenvalue weighted by molar-refractivity contribution is -0.141. The Hall–Kier alpha value is -2.31. The van der Waals surface area contributed by atoms with Gasteiger partial charge in [-0.3, -0.25) is 9.48 Å². The highest BCUT2D eigenvalue weighted by molar-refractivity contribution is 5.95. The molecule has 0 fully saturated rings. The summed E-state index contributed by atoms with van der Waals surface area (Å²) in [5.41, 5.74) is -0.630. The molecule has 0 radical (unpaired) electrons. The standard InChI is InChI=1S/C13H11F3N2O2/c1-20-10-4-2-9(3-5-10)11(19)8-18-7-6-12(17-18)13(14,15)16/h2-7H,8H2,1H3. The Kier molecular flexibility index (Phi) is 3.78. The van der Waals surface area contributed by atoms with Gasteiger partial charge in [-0.1, -0.05) is 0 Å². The van der Waals surface area contributed by atoms with Crippen LogP contribution in [0.25, 0.3) is 0 Å². The van der Waals surface area contributed by atoms with E-state index in [4.69, 9.17) is 4.74 Å². The molecule has 0 aliphatic heterocycles. The third-order valence-electron chi connectivity index (χ3n) is 2.65. The van der Waals surface area contributed by atoms with Crippen LogP contribution in [-0.2, 0) is 12.7 Å². The van der Waals surface area contributed by atoms with Gasteiger partial charge in [-0.15, -0.1) is 0 Å². The molecule has 20 heavy (non-hydrogen) atoms. The van der Waals surface area contributed by atoms with Crippen molar-refractivity contribution in [1.29, 1.82) is 0 Å². The first-order chi connectivity index (χ1) is 9.40. The summed E-state index contributed by atoms with van der Waals surface area (Å²) in [6, 6.07) is 7.15. The lowest BCUT2D eigenvalue weighted by atomic mass is 10.1. The van der Waals surface area contributed by atoms with Crippen LogP contribution in [0.5, 0.6) is 5.75 Å². The second-order valence-electron chi connectivity index (χ2n) is 4.05. The molecule has 0 amide bonds. The van der Waals surface area contributed by atoms with Gasteiger partial charge in [-0.25, -0.2) is 0 Å². The number of hydrogen-bond donors (Lipinski definition) is 0. The van der Waals surface area contributed by atoms with Crippen LogP contribution in [0.15, 0.2) is 36.5 Å². The average molecular weight is 284 g/mol. The topological polar surface area (TPSA) is 44.1 Å². The normalized spacial score (nSPS) is 11.4. The van der Waals surface area contributed by atoms with E-state index in [1.165, 1.54) is 7.11 Å². The first-order valence-corrected chi connectivity index (χ1v) is 5.68. The molecule has 0 bridgehead atoms. The van der Waals surface area contributed by atoms with E-state index in [0.29, 0.717) is 11.3 Å². The Morgan fingerprint density at radius 3 is 2.40 bits per heavy atom. The summed E-state index contributed by atoms with van der Waals surface area (Å²) < 4.78 is 43.0. The largest absolute Gasteiger partial charge is 0.497 e. The van der Waals surface area contributed by atoms with Crippen LogP contribution in [0.3, 0.4) is 0 Å². The maximum absolute atomic E-state index is 12.4. The lowest BCUT2D eigenvalue weighted by Gasteiger charge is -2.04. The van der Waals surface area contributed by atoms with Crippen LogP contribution in [-0.4, -0.2) is 22.7 Å². The molecule has 0 saturated heterocycles. The molecule has 0 saturated carbocycles. The molecule has 0 atom stereocenters. The monoisotopic (exact) mass is 284 g/mol. The number of Topliss-reactive ketones (excluding diaryl/α,β-unsaturated/α-hetero) is 1. The number of nitrogens with zero attached hydrogens (tertiary/aromatic N) is 2. The molecule has 2 rings (SSSR count). The highest BCUT2D eigenvalue weighted by Crippen LogP contribution is 2.27. The maximum atomic E-state index is 12.4. The smallest absolute Gasteiger partial charge is 0.435 e. The number of benzene rings is 1. The van der Waals surface area contributed by atoms with Crippen molar-refractivity contribution >= 4 is 5.78 Å². The second kappa shape index (κ2) is 5.36. The van der Waals surface area contributed by atoms with Gasteiger partial charge in [0.25, 0.3) is 0 Å². The van der Waals surface area contributed by atoms with Gasteiger partial charge in [-0.2, -0.15) is 18.3 Å². The predicted octanol–water partition coefficient (Wildman–Crippen LogP) is 2.79. The second-order valence-corrected chi connectivity index (χ2v) is 4.05. The van der Waals surface area contributed by atoms with Gasteiger partial charge in [0.15, 0.2) is 11.5 Å². The van der Waals surface area contributed by atoms with Gasteiger partial charge >= 0.3 is 6.18 Å². The summed E-state index contributed by atoms with van der Waals surface area (Å²) in [7, 11) is 1.50. The molecule has 106 valence electrons. The molecule has 0 aliphatic carbocycles. The average Bonchev–Trinajstić information content (AvgIpc) is 2.87. The van der Waals surface area contributed by atoms with E-state index in [1.807, 2.05) is 0 Å². The van der Waals surface area contributed by atoms with E-state index in [9.17, 15) is 18.0 Å². The van der Waals surface area contributed by atoms with Crippen molar-refractivity contribution in [3.05, 3.63) is 47.8 Å². The number of ketones is 1. The minimum atomic E-state index is -4.51. The number of aromatic nitrogens is 2. The fourth-order valence-corrected chi connectivity index (χ4v) is 1.62. The Balaban J connectivity index is 2.09. The van der Waals surface area contributed by atoms with Gasteiger partial charge in [-0.05, 0) is 30.3 Å². The van der Waals surface area contributed by atoms with Gasteiger partial charge in [0.05, 0.1) is 7.11 Å². The van der Waals surface area contributed by atoms with Crippen LogP contribution in [0.1, 0.15) is 16.1 Å². The number of alkyl halides is 3. The molecule has 7 heteroatoms. The van der Waals surface area contributed by atoms with E-state index in [2.05, 4.69) is 5.10 Å². The number of hydrogen-bond acceptors (Lipinski definition) is 3. The molecule has 1 heterocycles. The molecular formula is C13H11F3N2O2. The van der Waals surface area contributed by atoms with Gasteiger partial charge in [0.1, 0.15) is 12.3 Å². The third-order valence-corrected chi connectivity index (χ3v) is 2.65. The number of methoxy groups -OCH3 is 1. The molecule has 0 unspecified atom stereocenters. The SMILES string of the molecule is COc1ccc(C(=O)Cn2ccc(C(F)(F)F)n2)cc1. The zero-order chi connectivity index (χ0) is 14.8. The summed E-state index contributed by atoms with van der Waals surface area (Å²) in [6.07, 6.45) is -3.38. The highest BCUT2D eigenvalue weighted by atomic mass is 19.4. The van der Waals surface area contributed by atoms with Gasteiger partial charge < -0.3 is 4.74 Å². The summed E-state index contributed by atoms with van der Waals surface area (Å²) in [6.45, 7) is -0.248. The van der Waals surface area contributed by atoms with Crippen LogP contribution in [0, 0.1) is 0 Å². The third kappa shape index (κ3) is 3.17. The minimum Gasteiger partial charge on any atom is -0.497 e. The quantitative estimate of drug-likeness (QED) is 0.811. The summed E-state index contributed by atoms with van der Waals surface area (Å²) in [5, 5.41) is 3.33. The van der Waals surface area contributed by atoms with Crippen molar-refractivity contribution in [2.45, 2.75) is 12.7 Å². The van der Waals surface area contributed by atoms with E-state index in [-0.39, 0.29) is 12.3 Å². The number of ether oxygens (including phenoxy) is 1. The van der Waals surface area contributed by atoms with Crippen molar-refractivity contribution < 1.29 is 22.7 Å². The Labute approximate surface area is 112 Å². The molecule has 1 aromatic heterocycles. The molecule has 1 aromatic carbocycles. The molecule has 0 N–H and O–H groups in total. The van der Waals surface area contributed by atoms with Crippen LogP contribution in [0.4, 0.5) is 13.2 Å². The molecule has 4 nitrogen and oxygen atoms in total. The predicted molar refractivity (Wildman–Crippen MR) is 64.6 cm³/mol.